The lowest BCUT2D eigenvalue weighted by Gasteiger charge is -2.34. The van der Waals surface area contributed by atoms with Gasteiger partial charge in [-0.15, -0.1) is 0 Å². The normalized spacial score (nSPS) is 12.4. The Morgan fingerprint density at radius 1 is 0.905 bits per heavy atom. The second-order valence-electron chi connectivity index (χ2n) is 11.6. The molecule has 0 fully saturated rings. The summed E-state index contributed by atoms with van der Waals surface area (Å²) in [6.45, 7) is 8.18. The van der Waals surface area contributed by atoms with Crippen LogP contribution in [0.2, 0.25) is 0 Å². The molecule has 0 aliphatic heterocycles. The van der Waals surface area contributed by atoms with Crippen LogP contribution in [0.3, 0.4) is 0 Å². The third-order valence-corrected chi connectivity index (χ3v) is 8.48. The van der Waals surface area contributed by atoms with Gasteiger partial charge in [-0.1, -0.05) is 77.5 Å². The molecule has 0 aliphatic carbocycles. The summed E-state index contributed by atoms with van der Waals surface area (Å²) in [5.74, 6) is -0.446. The second-order valence-corrected chi connectivity index (χ2v) is 14.4. The van der Waals surface area contributed by atoms with Crippen LogP contribution < -0.4 is 9.62 Å². The van der Waals surface area contributed by atoms with E-state index < -0.39 is 21.6 Å². The lowest BCUT2D eigenvalue weighted by molar-refractivity contribution is -0.142. The van der Waals surface area contributed by atoms with Gasteiger partial charge in [-0.3, -0.25) is 13.9 Å². The molecule has 0 saturated carbocycles. The van der Waals surface area contributed by atoms with Gasteiger partial charge in [0.1, 0.15) is 6.04 Å². The zero-order chi connectivity index (χ0) is 30.9. The van der Waals surface area contributed by atoms with Crippen molar-refractivity contribution in [3.8, 4) is 0 Å². The van der Waals surface area contributed by atoms with Crippen molar-refractivity contribution in [2.24, 2.45) is 0 Å². The molecule has 0 aromatic heterocycles. The molecule has 3 aromatic carbocycles. The Kier molecular flexibility index (Phi) is 11.8. The smallest absolute Gasteiger partial charge is 0.243 e. The first kappa shape index (κ1) is 33.3. The second kappa shape index (κ2) is 14.8. The first-order valence-electron chi connectivity index (χ1n) is 14.2. The number of amides is 2. The van der Waals surface area contributed by atoms with E-state index in [4.69, 9.17) is 0 Å². The molecule has 0 bridgehead atoms. The predicted octanol–water partition coefficient (Wildman–Crippen LogP) is 6.11. The Morgan fingerprint density at radius 3 is 2.12 bits per heavy atom. The van der Waals surface area contributed by atoms with Gasteiger partial charge < -0.3 is 10.2 Å². The zero-order valence-electron chi connectivity index (χ0n) is 25.1. The van der Waals surface area contributed by atoms with E-state index >= 15 is 0 Å². The number of rotatable bonds is 13. The van der Waals surface area contributed by atoms with Gasteiger partial charge >= 0.3 is 0 Å². The number of hydrogen-bond acceptors (Lipinski definition) is 4. The Balaban J connectivity index is 1.89. The fraction of sp³-hybridized carbons (Fsp3) is 0.394. The van der Waals surface area contributed by atoms with Crippen molar-refractivity contribution >= 4 is 43.5 Å². The molecule has 1 atom stereocenters. The largest absolute Gasteiger partial charge is 0.350 e. The molecule has 1 unspecified atom stereocenters. The highest BCUT2D eigenvalue weighted by Crippen LogP contribution is 2.22. The minimum atomic E-state index is -3.56. The van der Waals surface area contributed by atoms with Crippen molar-refractivity contribution in [3.05, 3.63) is 100 Å². The van der Waals surface area contributed by atoms with Crippen LogP contribution in [0.5, 0.6) is 0 Å². The van der Waals surface area contributed by atoms with Crippen LogP contribution in [-0.4, -0.2) is 49.5 Å². The number of halogens is 1. The number of carbonyl (C=O) groups excluding carboxylic acids is 2. The molecule has 2 amide bonds. The molecule has 0 radical (unpaired) electrons. The number of anilines is 1. The van der Waals surface area contributed by atoms with E-state index in [-0.39, 0.29) is 31.3 Å². The number of nitrogens with one attached hydrogen (secondary N) is 1. The van der Waals surface area contributed by atoms with Gasteiger partial charge in [0.15, 0.2) is 0 Å². The minimum absolute atomic E-state index is 0.0845. The average molecular weight is 657 g/mol. The lowest BCUT2D eigenvalue weighted by atomic mass is 10.00. The summed E-state index contributed by atoms with van der Waals surface area (Å²) >= 11 is 3.51. The van der Waals surface area contributed by atoms with Crippen LogP contribution in [0, 0.1) is 0 Å². The highest BCUT2D eigenvalue weighted by atomic mass is 79.9. The Morgan fingerprint density at radius 2 is 1.55 bits per heavy atom. The summed E-state index contributed by atoms with van der Waals surface area (Å²) in [7, 11) is -3.56. The monoisotopic (exact) mass is 655 g/mol. The fourth-order valence-electron chi connectivity index (χ4n) is 4.74. The molecule has 226 valence electrons. The summed E-state index contributed by atoms with van der Waals surface area (Å²) < 4.78 is 27.6. The van der Waals surface area contributed by atoms with Crippen LogP contribution in [0.25, 0.3) is 0 Å². The Bertz CT molecular complexity index is 1440. The Labute approximate surface area is 259 Å². The van der Waals surface area contributed by atoms with Crippen molar-refractivity contribution in [1.82, 2.24) is 10.2 Å². The maximum atomic E-state index is 14.0. The molecule has 7 nitrogen and oxygen atoms in total. The number of sulfonamides is 1. The van der Waals surface area contributed by atoms with Gasteiger partial charge in [-0.25, -0.2) is 8.42 Å². The molecule has 3 aromatic rings. The van der Waals surface area contributed by atoms with Gasteiger partial charge in [0, 0.05) is 35.9 Å². The molecule has 0 saturated heterocycles. The number of carbonyl (C=O) groups is 2. The van der Waals surface area contributed by atoms with E-state index in [1.54, 1.807) is 17.0 Å². The van der Waals surface area contributed by atoms with Crippen LogP contribution in [0.1, 0.15) is 57.2 Å². The quantitative estimate of drug-likeness (QED) is 0.241. The van der Waals surface area contributed by atoms with E-state index in [0.717, 1.165) is 27.6 Å². The number of benzene rings is 3. The van der Waals surface area contributed by atoms with Crippen LogP contribution in [0.15, 0.2) is 83.3 Å². The number of nitrogens with zero attached hydrogens (tertiary/aromatic N) is 2. The molecule has 42 heavy (non-hydrogen) atoms. The van der Waals surface area contributed by atoms with Gasteiger partial charge in [0.2, 0.25) is 21.8 Å². The van der Waals surface area contributed by atoms with Gasteiger partial charge in [-0.05, 0) is 74.6 Å². The van der Waals surface area contributed by atoms with Crippen molar-refractivity contribution in [1.29, 1.82) is 0 Å². The van der Waals surface area contributed by atoms with Crippen molar-refractivity contribution in [2.75, 3.05) is 17.1 Å². The zero-order valence-corrected chi connectivity index (χ0v) is 27.5. The number of hydrogen-bond donors (Lipinski definition) is 1. The summed E-state index contributed by atoms with van der Waals surface area (Å²) in [4.78, 5) is 29.3. The van der Waals surface area contributed by atoms with Crippen molar-refractivity contribution < 1.29 is 18.0 Å². The SMILES string of the molecule is CCc1ccc(N(CCCC(=O)N(Cc2cccc(Br)c2)C(Cc2ccccc2)C(=O)NC(C)(C)C)S(C)(=O)=O)cc1. The molecular weight excluding hydrogens is 614 g/mol. The standard InChI is InChI=1S/C33H42BrN3O4S/c1-6-25-17-19-29(20-18-25)37(42(5,40)41)21-11-16-31(38)36(24-27-14-10-15-28(34)22-27)30(32(39)35-33(2,3)4)23-26-12-8-7-9-13-26/h7-10,12-15,17-20,22,30H,6,11,16,21,23-24H2,1-5H3,(H,35,39). The van der Waals surface area contributed by atoms with E-state index in [9.17, 15) is 18.0 Å². The lowest BCUT2D eigenvalue weighted by Crippen LogP contribution is -2.54. The van der Waals surface area contributed by atoms with Crippen LogP contribution >= 0.6 is 15.9 Å². The molecule has 0 aliphatic rings. The highest BCUT2D eigenvalue weighted by Gasteiger charge is 2.32. The van der Waals surface area contributed by atoms with Crippen LogP contribution in [0.4, 0.5) is 5.69 Å². The topological polar surface area (TPSA) is 86.8 Å². The third-order valence-electron chi connectivity index (χ3n) is 6.80. The maximum absolute atomic E-state index is 14.0. The maximum Gasteiger partial charge on any atom is 0.243 e. The summed E-state index contributed by atoms with van der Waals surface area (Å²) in [5, 5.41) is 3.07. The van der Waals surface area contributed by atoms with Gasteiger partial charge in [0.05, 0.1) is 11.9 Å². The van der Waals surface area contributed by atoms with Crippen LogP contribution in [-0.2, 0) is 39.0 Å². The average Bonchev–Trinajstić information content (AvgIpc) is 2.92. The fourth-order valence-corrected chi connectivity index (χ4v) is 6.15. The minimum Gasteiger partial charge on any atom is -0.350 e. The molecule has 9 heteroatoms. The first-order chi connectivity index (χ1) is 19.8. The predicted molar refractivity (Wildman–Crippen MR) is 174 cm³/mol. The van der Waals surface area contributed by atoms with Crippen molar-refractivity contribution in [2.45, 2.75) is 71.5 Å². The van der Waals surface area contributed by atoms with E-state index in [1.807, 2.05) is 94.4 Å². The van der Waals surface area contributed by atoms with E-state index in [2.05, 4.69) is 21.2 Å². The summed E-state index contributed by atoms with van der Waals surface area (Å²) in [6.07, 6.45) is 2.77. The summed E-state index contributed by atoms with van der Waals surface area (Å²) in [6, 6.07) is 24.0. The van der Waals surface area contributed by atoms with E-state index in [0.29, 0.717) is 18.5 Å². The van der Waals surface area contributed by atoms with Crippen molar-refractivity contribution in [3.63, 3.8) is 0 Å². The molecule has 0 heterocycles. The highest BCUT2D eigenvalue weighted by molar-refractivity contribution is 9.10. The molecule has 1 N–H and O–H groups in total. The van der Waals surface area contributed by atoms with Gasteiger partial charge in [0.25, 0.3) is 0 Å². The third kappa shape index (κ3) is 10.3. The first-order valence-corrected chi connectivity index (χ1v) is 16.9. The Hall–Kier alpha value is -3.17. The summed E-state index contributed by atoms with van der Waals surface area (Å²) in [5.41, 5.74) is 3.02. The van der Waals surface area contributed by atoms with Gasteiger partial charge in [-0.2, -0.15) is 0 Å². The molecular formula is C33H42BrN3O4S. The molecule has 3 rings (SSSR count). The molecule has 0 spiro atoms. The number of aryl methyl sites for hydroxylation is 1. The van der Waals surface area contributed by atoms with E-state index in [1.165, 1.54) is 10.6 Å².